The summed E-state index contributed by atoms with van der Waals surface area (Å²) < 4.78 is 28.5. The molecule has 1 amide bonds. The van der Waals surface area contributed by atoms with Gasteiger partial charge in [0.05, 0.1) is 17.0 Å². The summed E-state index contributed by atoms with van der Waals surface area (Å²) in [5.74, 6) is 0.672. The van der Waals surface area contributed by atoms with E-state index < -0.39 is 11.6 Å². The van der Waals surface area contributed by atoms with Crippen molar-refractivity contribution in [3.63, 3.8) is 0 Å². The summed E-state index contributed by atoms with van der Waals surface area (Å²) in [6.07, 6.45) is 5.36. The monoisotopic (exact) mass is 351 g/mol. The molecular weight excluding hydrogens is 336 g/mol. The molecule has 0 saturated carbocycles. The minimum Gasteiger partial charge on any atom is -0.322 e. The molecule has 26 heavy (non-hydrogen) atoms. The van der Waals surface area contributed by atoms with Crippen molar-refractivity contribution < 1.29 is 13.6 Å². The van der Waals surface area contributed by atoms with E-state index in [-0.39, 0.29) is 11.6 Å². The minimum atomic E-state index is -0.760. The van der Waals surface area contributed by atoms with Gasteiger partial charge in [-0.05, 0) is 44.2 Å². The Morgan fingerprint density at radius 2 is 1.96 bits per heavy atom. The van der Waals surface area contributed by atoms with Gasteiger partial charge in [0.15, 0.2) is 5.82 Å². The third kappa shape index (κ3) is 3.20. The summed E-state index contributed by atoms with van der Waals surface area (Å²) in [7, 11) is 0. The second-order valence-electron chi connectivity index (χ2n) is 5.73. The third-order valence-corrected chi connectivity index (χ3v) is 3.94. The van der Waals surface area contributed by atoms with E-state index in [0.29, 0.717) is 28.2 Å². The van der Waals surface area contributed by atoms with E-state index in [0.717, 1.165) is 12.1 Å². The molecule has 0 unspecified atom stereocenters. The van der Waals surface area contributed by atoms with Crippen LogP contribution in [0.2, 0.25) is 0 Å². The number of terminal acetylenes is 1. The molecule has 4 nitrogen and oxygen atoms in total. The van der Waals surface area contributed by atoms with Gasteiger partial charge in [0.25, 0.3) is 5.91 Å². The smallest absolute Gasteiger partial charge is 0.259 e. The molecule has 0 saturated heterocycles. The summed E-state index contributed by atoms with van der Waals surface area (Å²) in [5, 5.41) is 6.99. The van der Waals surface area contributed by atoms with Crippen molar-refractivity contribution in [2.24, 2.45) is 0 Å². The molecule has 2 aromatic carbocycles. The Kier molecular flexibility index (Phi) is 4.55. The van der Waals surface area contributed by atoms with Crippen molar-refractivity contribution in [3.05, 3.63) is 76.6 Å². The van der Waals surface area contributed by atoms with Crippen LogP contribution in [0.4, 0.5) is 14.5 Å². The summed E-state index contributed by atoms with van der Waals surface area (Å²) in [5.41, 5.74) is 2.45. The number of aryl methyl sites for hydroxylation is 1. The van der Waals surface area contributed by atoms with E-state index >= 15 is 0 Å². The van der Waals surface area contributed by atoms with Crippen molar-refractivity contribution in [3.8, 4) is 18.0 Å². The van der Waals surface area contributed by atoms with E-state index in [2.05, 4.69) is 16.3 Å². The summed E-state index contributed by atoms with van der Waals surface area (Å²) in [4.78, 5) is 12.7. The van der Waals surface area contributed by atoms with Gasteiger partial charge in [-0.3, -0.25) is 4.79 Å². The van der Waals surface area contributed by atoms with Gasteiger partial charge in [-0.15, -0.1) is 6.42 Å². The number of hydrogen-bond donors (Lipinski definition) is 1. The van der Waals surface area contributed by atoms with Gasteiger partial charge in [0, 0.05) is 17.3 Å². The molecule has 0 aliphatic heterocycles. The molecule has 1 N–H and O–H groups in total. The van der Waals surface area contributed by atoms with Crippen LogP contribution in [0.25, 0.3) is 5.69 Å². The molecule has 0 radical (unpaired) electrons. The summed E-state index contributed by atoms with van der Waals surface area (Å²) in [6, 6.07) is 10.1. The van der Waals surface area contributed by atoms with E-state index in [1.54, 1.807) is 38.1 Å². The van der Waals surface area contributed by atoms with Crippen LogP contribution in [0.1, 0.15) is 27.3 Å². The second-order valence-corrected chi connectivity index (χ2v) is 5.73. The minimum absolute atomic E-state index is 0.0698. The fourth-order valence-electron chi connectivity index (χ4n) is 2.74. The molecule has 0 atom stereocenters. The second kappa shape index (κ2) is 6.81. The van der Waals surface area contributed by atoms with Gasteiger partial charge in [-0.2, -0.15) is 5.10 Å². The highest BCUT2D eigenvalue weighted by molar-refractivity contribution is 6.06. The van der Waals surface area contributed by atoms with Gasteiger partial charge < -0.3 is 5.32 Å². The number of nitrogens with one attached hydrogen (secondary N) is 1. The molecule has 0 spiro atoms. The Morgan fingerprint density at radius 3 is 2.65 bits per heavy atom. The van der Waals surface area contributed by atoms with E-state index in [1.807, 2.05) is 0 Å². The number of aromatic nitrogens is 2. The molecule has 0 aliphatic rings. The number of rotatable bonds is 3. The SMILES string of the molecule is C#Cc1cccc(NC(=O)c2c(C)nn(-c3ccc(F)cc3F)c2C)c1. The van der Waals surface area contributed by atoms with Gasteiger partial charge in [-0.25, -0.2) is 13.5 Å². The third-order valence-electron chi connectivity index (χ3n) is 3.94. The summed E-state index contributed by atoms with van der Waals surface area (Å²) >= 11 is 0. The average molecular weight is 351 g/mol. The van der Waals surface area contributed by atoms with Crippen LogP contribution in [0.3, 0.4) is 0 Å². The molecule has 0 aliphatic carbocycles. The molecule has 0 bridgehead atoms. The maximum absolute atomic E-state index is 14.1. The van der Waals surface area contributed by atoms with Crippen LogP contribution in [0.5, 0.6) is 0 Å². The normalized spacial score (nSPS) is 10.4. The Bertz CT molecular complexity index is 1050. The molecular formula is C20H15F2N3O. The number of amides is 1. The van der Waals surface area contributed by atoms with Crippen molar-refractivity contribution in [1.29, 1.82) is 0 Å². The standard InChI is InChI=1S/C20H15F2N3O/c1-4-14-6-5-7-16(10-14)23-20(26)19-12(2)24-25(13(19)3)18-9-8-15(21)11-17(18)22/h1,5-11H,2-3H3,(H,23,26). The van der Waals surface area contributed by atoms with E-state index in [4.69, 9.17) is 6.42 Å². The maximum atomic E-state index is 14.1. The quantitative estimate of drug-likeness (QED) is 0.725. The van der Waals surface area contributed by atoms with Crippen LogP contribution in [-0.4, -0.2) is 15.7 Å². The molecule has 3 aromatic rings. The van der Waals surface area contributed by atoms with Crippen LogP contribution >= 0.6 is 0 Å². The number of nitrogens with zero attached hydrogens (tertiary/aromatic N) is 2. The Morgan fingerprint density at radius 1 is 1.19 bits per heavy atom. The van der Waals surface area contributed by atoms with Gasteiger partial charge >= 0.3 is 0 Å². The first-order valence-corrected chi connectivity index (χ1v) is 7.80. The molecule has 130 valence electrons. The lowest BCUT2D eigenvalue weighted by atomic mass is 10.1. The number of halogens is 2. The highest BCUT2D eigenvalue weighted by Crippen LogP contribution is 2.22. The molecule has 0 fully saturated rings. The van der Waals surface area contributed by atoms with Crippen molar-refractivity contribution in [2.75, 3.05) is 5.32 Å². The largest absolute Gasteiger partial charge is 0.322 e. The Balaban J connectivity index is 1.97. The Labute approximate surface area is 149 Å². The highest BCUT2D eigenvalue weighted by atomic mass is 19.1. The predicted molar refractivity (Wildman–Crippen MR) is 95.3 cm³/mol. The van der Waals surface area contributed by atoms with Gasteiger partial charge in [-0.1, -0.05) is 12.0 Å². The predicted octanol–water partition coefficient (Wildman–Crippen LogP) is 4.00. The van der Waals surface area contributed by atoms with Crippen LogP contribution in [0.15, 0.2) is 42.5 Å². The Hall–Kier alpha value is -3.46. The zero-order chi connectivity index (χ0) is 18.8. The number of carbonyl (C=O) groups excluding carboxylic acids is 1. The van der Waals surface area contributed by atoms with Crippen LogP contribution in [0, 0.1) is 37.8 Å². The molecule has 3 rings (SSSR count). The first kappa shape index (κ1) is 17.4. The number of anilines is 1. The van der Waals surface area contributed by atoms with Crippen molar-refractivity contribution in [1.82, 2.24) is 9.78 Å². The van der Waals surface area contributed by atoms with Gasteiger partial charge in [0.2, 0.25) is 0 Å². The van der Waals surface area contributed by atoms with E-state index in [9.17, 15) is 13.6 Å². The molecule has 6 heteroatoms. The topological polar surface area (TPSA) is 46.9 Å². The zero-order valence-electron chi connectivity index (χ0n) is 14.2. The summed E-state index contributed by atoms with van der Waals surface area (Å²) in [6.45, 7) is 3.30. The fourth-order valence-corrected chi connectivity index (χ4v) is 2.74. The highest BCUT2D eigenvalue weighted by Gasteiger charge is 2.21. The molecule has 1 aromatic heterocycles. The average Bonchev–Trinajstić information content (AvgIpc) is 2.89. The lowest BCUT2D eigenvalue weighted by molar-refractivity contribution is 0.102. The number of hydrogen-bond acceptors (Lipinski definition) is 2. The number of carbonyl (C=O) groups is 1. The lowest BCUT2D eigenvalue weighted by Crippen LogP contribution is -2.14. The number of benzene rings is 2. The van der Waals surface area contributed by atoms with Crippen molar-refractivity contribution >= 4 is 11.6 Å². The van der Waals surface area contributed by atoms with Crippen molar-refractivity contribution in [2.45, 2.75) is 13.8 Å². The fraction of sp³-hybridized carbons (Fsp3) is 0.100. The van der Waals surface area contributed by atoms with E-state index in [1.165, 1.54) is 10.7 Å². The maximum Gasteiger partial charge on any atom is 0.259 e. The first-order chi connectivity index (χ1) is 12.4. The molecule has 1 heterocycles. The van der Waals surface area contributed by atoms with Crippen LogP contribution < -0.4 is 5.32 Å². The van der Waals surface area contributed by atoms with Gasteiger partial charge in [0.1, 0.15) is 11.5 Å². The van der Waals surface area contributed by atoms with Crippen LogP contribution in [-0.2, 0) is 0 Å². The zero-order valence-corrected chi connectivity index (χ0v) is 14.2. The first-order valence-electron chi connectivity index (χ1n) is 7.80. The lowest BCUT2D eigenvalue weighted by Gasteiger charge is -2.08.